The Bertz CT molecular complexity index is 712. The van der Waals surface area contributed by atoms with Crippen LogP contribution in [0.2, 0.25) is 0 Å². The van der Waals surface area contributed by atoms with Crippen molar-refractivity contribution in [2.45, 2.75) is 31.7 Å². The second-order valence-electron chi connectivity index (χ2n) is 6.49. The van der Waals surface area contributed by atoms with Gasteiger partial charge in [0.15, 0.2) is 11.6 Å². The zero-order chi connectivity index (χ0) is 17.8. The minimum Gasteiger partial charge on any atom is -0.337 e. The van der Waals surface area contributed by atoms with Gasteiger partial charge in [0, 0.05) is 38.1 Å². The van der Waals surface area contributed by atoms with Crippen LogP contribution in [-0.4, -0.2) is 40.1 Å². The standard InChI is InChI=1S/C18H22F2N4O/c1-13(14-2-3-16(19)17(20)10-14)11-22-18(25)23-7-4-15(5-8-23)24-9-6-21-12-24/h2-3,6,9-10,12-13,15H,4-5,7-8,11H2,1H3,(H,22,25)/t13-/m1/s1. The molecular weight excluding hydrogens is 326 g/mol. The van der Waals surface area contributed by atoms with Gasteiger partial charge in [-0.25, -0.2) is 18.6 Å². The highest BCUT2D eigenvalue weighted by Gasteiger charge is 2.23. The maximum atomic E-state index is 13.3. The molecule has 0 saturated carbocycles. The number of urea groups is 1. The third-order valence-corrected chi connectivity index (χ3v) is 4.77. The molecule has 1 atom stereocenters. The largest absolute Gasteiger partial charge is 0.337 e. The van der Waals surface area contributed by atoms with Crippen molar-refractivity contribution in [3.05, 3.63) is 54.1 Å². The average molecular weight is 348 g/mol. The Morgan fingerprint density at radius 1 is 1.32 bits per heavy atom. The van der Waals surface area contributed by atoms with E-state index >= 15 is 0 Å². The molecule has 1 N–H and O–H groups in total. The number of nitrogens with zero attached hydrogens (tertiary/aromatic N) is 3. The molecule has 7 heteroatoms. The monoisotopic (exact) mass is 348 g/mol. The van der Waals surface area contributed by atoms with Crippen LogP contribution in [0.15, 0.2) is 36.9 Å². The van der Waals surface area contributed by atoms with Gasteiger partial charge in [0.25, 0.3) is 0 Å². The minimum absolute atomic E-state index is 0.0949. The smallest absolute Gasteiger partial charge is 0.317 e. The number of likely N-dealkylation sites (tertiary alicyclic amines) is 1. The van der Waals surface area contributed by atoms with Gasteiger partial charge in [-0.2, -0.15) is 0 Å². The molecule has 5 nitrogen and oxygen atoms in total. The van der Waals surface area contributed by atoms with E-state index in [1.165, 1.54) is 6.07 Å². The Morgan fingerprint density at radius 3 is 2.72 bits per heavy atom. The molecule has 1 aliphatic rings. The number of aromatic nitrogens is 2. The van der Waals surface area contributed by atoms with Crippen LogP contribution in [0.4, 0.5) is 13.6 Å². The zero-order valence-electron chi connectivity index (χ0n) is 14.2. The van der Waals surface area contributed by atoms with Gasteiger partial charge in [-0.3, -0.25) is 0 Å². The lowest BCUT2D eigenvalue weighted by Crippen LogP contribution is -2.45. The van der Waals surface area contributed by atoms with Crippen molar-refractivity contribution in [3.63, 3.8) is 0 Å². The zero-order valence-corrected chi connectivity index (χ0v) is 14.2. The quantitative estimate of drug-likeness (QED) is 0.922. The van der Waals surface area contributed by atoms with Gasteiger partial charge in [-0.15, -0.1) is 0 Å². The number of piperidine rings is 1. The molecule has 2 aromatic rings. The first-order valence-corrected chi connectivity index (χ1v) is 8.49. The number of hydrogen-bond acceptors (Lipinski definition) is 2. The highest BCUT2D eigenvalue weighted by Crippen LogP contribution is 2.22. The molecule has 0 bridgehead atoms. The van der Waals surface area contributed by atoms with E-state index in [4.69, 9.17) is 0 Å². The van der Waals surface area contributed by atoms with E-state index in [1.54, 1.807) is 17.2 Å². The molecule has 1 aliphatic heterocycles. The third-order valence-electron chi connectivity index (χ3n) is 4.77. The number of rotatable bonds is 4. The summed E-state index contributed by atoms with van der Waals surface area (Å²) in [4.78, 5) is 18.2. The molecule has 0 aliphatic carbocycles. The Labute approximate surface area is 145 Å². The van der Waals surface area contributed by atoms with Gasteiger partial charge in [-0.1, -0.05) is 13.0 Å². The van der Waals surface area contributed by atoms with Gasteiger partial charge in [-0.05, 0) is 36.5 Å². The number of hydrogen-bond donors (Lipinski definition) is 1. The van der Waals surface area contributed by atoms with Crippen molar-refractivity contribution < 1.29 is 13.6 Å². The van der Waals surface area contributed by atoms with Crippen LogP contribution < -0.4 is 5.32 Å². The fourth-order valence-electron chi connectivity index (χ4n) is 3.14. The van der Waals surface area contributed by atoms with Gasteiger partial charge < -0.3 is 14.8 Å². The number of imidazole rings is 1. The molecule has 0 radical (unpaired) electrons. The summed E-state index contributed by atoms with van der Waals surface area (Å²) in [6.07, 6.45) is 7.30. The minimum atomic E-state index is -0.864. The first-order valence-electron chi connectivity index (χ1n) is 8.49. The molecule has 2 heterocycles. The highest BCUT2D eigenvalue weighted by molar-refractivity contribution is 5.74. The van der Waals surface area contributed by atoms with Crippen LogP contribution in [0.5, 0.6) is 0 Å². The van der Waals surface area contributed by atoms with Gasteiger partial charge in [0.05, 0.1) is 6.33 Å². The molecule has 1 saturated heterocycles. The molecule has 0 spiro atoms. The van der Waals surface area contributed by atoms with Crippen LogP contribution in [-0.2, 0) is 0 Å². The van der Waals surface area contributed by atoms with Crippen molar-refractivity contribution in [1.82, 2.24) is 19.8 Å². The van der Waals surface area contributed by atoms with Crippen molar-refractivity contribution in [3.8, 4) is 0 Å². The van der Waals surface area contributed by atoms with Crippen molar-refractivity contribution >= 4 is 6.03 Å². The topological polar surface area (TPSA) is 50.2 Å². The first kappa shape index (κ1) is 17.4. The Kier molecular flexibility index (Phi) is 5.31. The number of amides is 2. The molecular formula is C18H22F2N4O. The molecule has 2 amide bonds. The van der Waals surface area contributed by atoms with Crippen LogP contribution in [0.25, 0.3) is 0 Å². The lowest BCUT2D eigenvalue weighted by Gasteiger charge is -2.32. The summed E-state index contributed by atoms with van der Waals surface area (Å²) >= 11 is 0. The van der Waals surface area contributed by atoms with E-state index in [-0.39, 0.29) is 11.9 Å². The van der Waals surface area contributed by atoms with Crippen LogP contribution in [0.3, 0.4) is 0 Å². The van der Waals surface area contributed by atoms with Crippen molar-refractivity contribution in [1.29, 1.82) is 0 Å². The van der Waals surface area contributed by atoms with E-state index in [2.05, 4.69) is 14.9 Å². The molecule has 1 aromatic carbocycles. The molecule has 1 fully saturated rings. The van der Waals surface area contributed by atoms with Crippen molar-refractivity contribution in [2.24, 2.45) is 0 Å². The number of carbonyl (C=O) groups excluding carboxylic acids is 1. The van der Waals surface area contributed by atoms with Crippen LogP contribution >= 0.6 is 0 Å². The van der Waals surface area contributed by atoms with Gasteiger partial charge in [0.1, 0.15) is 0 Å². The second-order valence-corrected chi connectivity index (χ2v) is 6.49. The van der Waals surface area contributed by atoms with Crippen LogP contribution in [0, 0.1) is 11.6 Å². The maximum Gasteiger partial charge on any atom is 0.317 e. The van der Waals surface area contributed by atoms with Crippen molar-refractivity contribution in [2.75, 3.05) is 19.6 Å². The van der Waals surface area contributed by atoms with E-state index in [0.29, 0.717) is 31.2 Å². The molecule has 3 rings (SSSR count). The predicted octanol–water partition coefficient (Wildman–Crippen LogP) is 3.31. The summed E-state index contributed by atoms with van der Waals surface area (Å²) in [5, 5.41) is 2.89. The number of carbonyl (C=O) groups is 1. The van der Waals surface area contributed by atoms with E-state index < -0.39 is 11.6 Å². The number of halogens is 2. The summed E-state index contributed by atoms with van der Waals surface area (Å²) in [6.45, 7) is 3.63. The SMILES string of the molecule is C[C@H](CNC(=O)N1CCC(n2ccnc2)CC1)c1ccc(F)c(F)c1. The van der Waals surface area contributed by atoms with Crippen LogP contribution in [0.1, 0.15) is 37.3 Å². The fourth-order valence-corrected chi connectivity index (χ4v) is 3.14. The lowest BCUT2D eigenvalue weighted by atomic mass is 10.0. The highest BCUT2D eigenvalue weighted by atomic mass is 19.2. The summed E-state index contributed by atoms with van der Waals surface area (Å²) < 4.78 is 28.4. The Hall–Kier alpha value is -2.44. The molecule has 1 aromatic heterocycles. The number of benzene rings is 1. The number of nitrogens with one attached hydrogen (secondary N) is 1. The average Bonchev–Trinajstić information content (AvgIpc) is 3.16. The van der Waals surface area contributed by atoms with E-state index in [0.717, 1.165) is 18.9 Å². The first-order chi connectivity index (χ1) is 12.0. The normalized spacial score (nSPS) is 16.7. The molecule has 134 valence electrons. The summed E-state index contributed by atoms with van der Waals surface area (Å²) in [5.41, 5.74) is 0.665. The Morgan fingerprint density at radius 2 is 2.08 bits per heavy atom. The van der Waals surface area contributed by atoms with Gasteiger partial charge in [0.2, 0.25) is 0 Å². The summed E-state index contributed by atoms with van der Waals surface area (Å²) in [6, 6.07) is 4.12. The lowest BCUT2D eigenvalue weighted by molar-refractivity contribution is 0.171. The van der Waals surface area contributed by atoms with E-state index in [9.17, 15) is 13.6 Å². The van der Waals surface area contributed by atoms with Gasteiger partial charge >= 0.3 is 6.03 Å². The predicted molar refractivity (Wildman–Crippen MR) is 90.2 cm³/mol. The third kappa shape index (κ3) is 4.15. The van der Waals surface area contributed by atoms with E-state index in [1.807, 2.05) is 19.4 Å². The molecule has 0 unspecified atom stereocenters. The second kappa shape index (κ2) is 7.63. The summed E-state index contributed by atoms with van der Waals surface area (Å²) in [7, 11) is 0. The fraction of sp³-hybridized carbons (Fsp3) is 0.444. The molecule has 25 heavy (non-hydrogen) atoms. The maximum absolute atomic E-state index is 13.3. The summed E-state index contributed by atoms with van der Waals surface area (Å²) in [5.74, 6) is -1.82. The Balaban J connectivity index is 1.47.